The van der Waals surface area contributed by atoms with E-state index in [0.29, 0.717) is 18.2 Å². The largest absolute Gasteiger partial charge is 0.397 e. The summed E-state index contributed by atoms with van der Waals surface area (Å²) < 4.78 is 1.73. The Morgan fingerprint density at radius 1 is 1.39 bits per heavy atom. The molecule has 1 aliphatic heterocycles. The van der Waals surface area contributed by atoms with E-state index in [4.69, 9.17) is 5.73 Å². The van der Waals surface area contributed by atoms with Crippen molar-refractivity contribution in [3.63, 3.8) is 0 Å². The van der Waals surface area contributed by atoms with Gasteiger partial charge in [-0.2, -0.15) is 0 Å². The molecule has 0 radical (unpaired) electrons. The number of nitrogens with one attached hydrogen (secondary N) is 1. The molecule has 0 bridgehead atoms. The molecule has 0 unspecified atom stereocenters. The van der Waals surface area contributed by atoms with Crippen LogP contribution in [0.15, 0.2) is 24.5 Å². The van der Waals surface area contributed by atoms with Crippen LogP contribution >= 0.6 is 0 Å². The number of carbonyl (C=O) groups excluding carboxylic acids is 2. The van der Waals surface area contributed by atoms with Crippen LogP contribution in [0.1, 0.15) is 6.42 Å². The predicted octanol–water partition coefficient (Wildman–Crippen LogP) is 0.363. The summed E-state index contributed by atoms with van der Waals surface area (Å²) in [6, 6.07) is 3.09. The van der Waals surface area contributed by atoms with Crippen molar-refractivity contribution in [2.24, 2.45) is 0 Å². The molecule has 0 atom stereocenters. The molecule has 7 nitrogen and oxygen atoms in total. The van der Waals surface area contributed by atoms with Crippen LogP contribution in [0.3, 0.4) is 0 Å². The van der Waals surface area contributed by atoms with Gasteiger partial charge in [0.15, 0.2) is 0 Å². The van der Waals surface area contributed by atoms with Gasteiger partial charge in [0.25, 0.3) is 0 Å². The lowest BCUT2D eigenvalue weighted by atomic mass is 10.3. The number of hydrogen-bond acceptors (Lipinski definition) is 4. The molecule has 3 amide bonds. The molecule has 1 aliphatic rings. The molecule has 0 aliphatic carbocycles. The highest BCUT2D eigenvalue weighted by atomic mass is 16.2. The third-order valence-electron chi connectivity index (χ3n) is 2.88. The normalized spacial score (nSPS) is 16.1. The van der Waals surface area contributed by atoms with E-state index in [1.807, 2.05) is 0 Å². The maximum absolute atomic E-state index is 11.7. The summed E-state index contributed by atoms with van der Waals surface area (Å²) >= 11 is 0. The minimum Gasteiger partial charge on any atom is -0.397 e. The van der Waals surface area contributed by atoms with Crippen molar-refractivity contribution in [3.8, 4) is 0 Å². The van der Waals surface area contributed by atoms with E-state index < -0.39 is 6.03 Å². The van der Waals surface area contributed by atoms with Gasteiger partial charge >= 0.3 is 6.03 Å². The first-order valence-electron chi connectivity index (χ1n) is 5.50. The van der Waals surface area contributed by atoms with Gasteiger partial charge in [-0.15, -0.1) is 0 Å². The highest BCUT2D eigenvalue weighted by Crippen LogP contribution is 2.21. The van der Waals surface area contributed by atoms with Crippen LogP contribution in [-0.4, -0.2) is 27.9 Å². The number of carbonyl (C=O) groups is 2. The Kier molecular flexibility index (Phi) is 2.19. The van der Waals surface area contributed by atoms with Crippen molar-refractivity contribution in [2.45, 2.75) is 6.42 Å². The third kappa shape index (κ3) is 1.48. The second-order valence-electron chi connectivity index (χ2n) is 4.03. The summed E-state index contributed by atoms with van der Waals surface area (Å²) in [5.41, 5.74) is 7.14. The van der Waals surface area contributed by atoms with Gasteiger partial charge in [0.2, 0.25) is 11.9 Å². The second-order valence-corrected chi connectivity index (χ2v) is 4.03. The minimum absolute atomic E-state index is 0.267. The van der Waals surface area contributed by atoms with Crippen LogP contribution in [0, 0.1) is 0 Å². The Hall–Kier alpha value is -2.57. The first-order valence-corrected chi connectivity index (χ1v) is 5.50. The molecule has 2 aromatic heterocycles. The summed E-state index contributed by atoms with van der Waals surface area (Å²) in [4.78, 5) is 28.5. The fourth-order valence-electron chi connectivity index (χ4n) is 1.98. The summed E-state index contributed by atoms with van der Waals surface area (Å²) in [6.07, 6.45) is 3.65. The molecule has 3 heterocycles. The van der Waals surface area contributed by atoms with Crippen molar-refractivity contribution in [1.29, 1.82) is 0 Å². The van der Waals surface area contributed by atoms with E-state index in [1.54, 1.807) is 28.9 Å². The van der Waals surface area contributed by atoms with Gasteiger partial charge in [0.1, 0.15) is 0 Å². The molecule has 18 heavy (non-hydrogen) atoms. The number of nitrogens with two attached hydrogens (primary N) is 1. The quantitative estimate of drug-likeness (QED) is 0.758. The van der Waals surface area contributed by atoms with Crippen LogP contribution < -0.4 is 16.0 Å². The van der Waals surface area contributed by atoms with E-state index in [0.717, 1.165) is 5.52 Å². The number of fused-ring (bicyclic) bond motifs is 1. The van der Waals surface area contributed by atoms with Gasteiger partial charge < -0.3 is 5.73 Å². The number of rotatable bonds is 1. The predicted molar refractivity (Wildman–Crippen MR) is 65.1 cm³/mol. The van der Waals surface area contributed by atoms with E-state index in [2.05, 4.69) is 10.3 Å². The SMILES string of the molecule is Nc1cccn2c(N3CCC(=O)NC3=O)ncc12. The molecule has 3 N–H and O–H groups in total. The summed E-state index contributed by atoms with van der Waals surface area (Å²) in [5, 5.41) is 2.26. The second kappa shape index (κ2) is 3.73. The van der Waals surface area contributed by atoms with Crippen molar-refractivity contribution in [3.05, 3.63) is 24.5 Å². The molecule has 0 saturated carbocycles. The molecule has 7 heteroatoms. The molecule has 0 spiro atoms. The van der Waals surface area contributed by atoms with Gasteiger partial charge in [-0.1, -0.05) is 0 Å². The lowest BCUT2D eigenvalue weighted by Crippen LogP contribution is -2.50. The number of nitrogen functional groups attached to an aromatic ring is 1. The Bertz CT molecular complexity index is 648. The maximum atomic E-state index is 11.7. The van der Waals surface area contributed by atoms with Gasteiger partial charge in [-0.25, -0.2) is 9.78 Å². The van der Waals surface area contributed by atoms with E-state index in [9.17, 15) is 9.59 Å². The fourth-order valence-corrected chi connectivity index (χ4v) is 1.98. The number of urea groups is 1. The fraction of sp³-hybridized carbons (Fsp3) is 0.182. The van der Waals surface area contributed by atoms with Crippen LogP contribution in [0.2, 0.25) is 0 Å². The van der Waals surface area contributed by atoms with Crippen LogP contribution in [-0.2, 0) is 4.79 Å². The Morgan fingerprint density at radius 2 is 2.22 bits per heavy atom. The number of nitrogens with zero attached hydrogens (tertiary/aromatic N) is 3. The van der Waals surface area contributed by atoms with E-state index >= 15 is 0 Å². The molecule has 3 rings (SSSR count). The van der Waals surface area contributed by atoms with Gasteiger partial charge in [0, 0.05) is 19.2 Å². The van der Waals surface area contributed by atoms with Gasteiger partial charge in [0.05, 0.1) is 17.4 Å². The molecule has 1 fully saturated rings. The highest BCUT2D eigenvalue weighted by molar-refractivity contribution is 6.05. The third-order valence-corrected chi connectivity index (χ3v) is 2.88. The lowest BCUT2D eigenvalue weighted by Gasteiger charge is -2.24. The van der Waals surface area contributed by atoms with Crippen molar-refractivity contribution in [1.82, 2.24) is 14.7 Å². The first-order chi connectivity index (χ1) is 8.66. The van der Waals surface area contributed by atoms with Gasteiger partial charge in [-0.3, -0.25) is 19.4 Å². The summed E-state index contributed by atoms with van der Waals surface area (Å²) in [7, 11) is 0. The average molecular weight is 245 g/mol. The lowest BCUT2D eigenvalue weighted by molar-refractivity contribution is -0.120. The van der Waals surface area contributed by atoms with Crippen molar-refractivity contribution >= 4 is 29.1 Å². The zero-order chi connectivity index (χ0) is 12.7. The number of hydrogen-bond donors (Lipinski definition) is 2. The Labute approximate surface area is 102 Å². The summed E-state index contributed by atoms with van der Waals surface area (Å²) in [5.74, 6) is 0.193. The first kappa shape index (κ1) is 10.6. The van der Waals surface area contributed by atoms with E-state index in [-0.39, 0.29) is 12.3 Å². The number of anilines is 2. The topological polar surface area (TPSA) is 92.7 Å². The molecule has 1 saturated heterocycles. The molecule has 0 aromatic carbocycles. The number of imide groups is 1. The number of pyridine rings is 1. The molecule has 92 valence electrons. The van der Waals surface area contributed by atoms with Crippen LogP contribution in [0.4, 0.5) is 16.4 Å². The smallest absolute Gasteiger partial charge is 0.330 e. The molecular weight excluding hydrogens is 234 g/mol. The minimum atomic E-state index is -0.457. The average Bonchev–Trinajstić information content (AvgIpc) is 2.74. The molecule has 2 aromatic rings. The van der Waals surface area contributed by atoms with Crippen molar-refractivity contribution in [2.75, 3.05) is 17.2 Å². The van der Waals surface area contributed by atoms with Crippen LogP contribution in [0.5, 0.6) is 0 Å². The van der Waals surface area contributed by atoms with Crippen molar-refractivity contribution < 1.29 is 9.59 Å². The van der Waals surface area contributed by atoms with Gasteiger partial charge in [-0.05, 0) is 12.1 Å². The standard InChI is InChI=1S/C11H11N5O2/c12-7-2-1-4-15-8(7)6-13-10(15)16-5-3-9(17)14-11(16)18/h1-2,4,6H,3,5,12H2,(H,14,17,18). The van der Waals surface area contributed by atoms with E-state index in [1.165, 1.54) is 4.90 Å². The highest BCUT2D eigenvalue weighted by Gasteiger charge is 2.27. The Balaban J connectivity index is 2.07. The number of amides is 3. The zero-order valence-corrected chi connectivity index (χ0v) is 9.46. The Morgan fingerprint density at radius 3 is 3.00 bits per heavy atom. The zero-order valence-electron chi connectivity index (χ0n) is 9.46. The summed E-state index contributed by atoms with van der Waals surface area (Å²) in [6.45, 7) is 0.318. The number of imidazole rings is 1. The van der Waals surface area contributed by atoms with Crippen LogP contribution in [0.25, 0.3) is 5.52 Å². The molecular formula is C11H11N5O2. The monoisotopic (exact) mass is 245 g/mol. The number of aromatic nitrogens is 2. The maximum Gasteiger partial charge on any atom is 0.330 e.